The lowest BCUT2D eigenvalue weighted by Crippen LogP contribution is -2.17. The SMILES string of the molecule is CCOc1cnc(C(=O)N/N=C\c2cc(OCc3ccccc3)ccc2Br)o1. The van der Waals surface area contributed by atoms with E-state index in [1.165, 1.54) is 12.4 Å². The molecule has 0 spiro atoms. The van der Waals surface area contributed by atoms with Crippen molar-refractivity contribution >= 4 is 28.1 Å². The number of hydrazone groups is 1. The summed E-state index contributed by atoms with van der Waals surface area (Å²) in [5.74, 6) is 0.172. The lowest BCUT2D eigenvalue weighted by atomic mass is 10.2. The van der Waals surface area contributed by atoms with Crippen molar-refractivity contribution in [1.82, 2.24) is 10.4 Å². The minimum absolute atomic E-state index is 0.125. The molecule has 28 heavy (non-hydrogen) atoms. The lowest BCUT2D eigenvalue weighted by Gasteiger charge is -2.08. The van der Waals surface area contributed by atoms with Gasteiger partial charge in [-0.1, -0.05) is 46.3 Å². The van der Waals surface area contributed by atoms with Gasteiger partial charge in [-0.2, -0.15) is 5.10 Å². The van der Waals surface area contributed by atoms with E-state index < -0.39 is 5.91 Å². The number of halogens is 1. The van der Waals surface area contributed by atoms with E-state index in [-0.39, 0.29) is 11.8 Å². The summed E-state index contributed by atoms with van der Waals surface area (Å²) in [6.07, 6.45) is 2.84. The zero-order valence-electron chi connectivity index (χ0n) is 15.1. The number of nitrogens with one attached hydrogen (secondary N) is 1. The van der Waals surface area contributed by atoms with Crippen LogP contribution in [0, 0.1) is 0 Å². The maximum absolute atomic E-state index is 12.0. The molecule has 144 valence electrons. The number of carbonyl (C=O) groups excluding carboxylic acids is 1. The van der Waals surface area contributed by atoms with E-state index in [1.807, 2.05) is 55.5 Å². The lowest BCUT2D eigenvalue weighted by molar-refractivity contribution is 0.0912. The second-order valence-electron chi connectivity index (χ2n) is 5.57. The molecule has 7 nitrogen and oxygen atoms in total. The average molecular weight is 444 g/mol. The third kappa shape index (κ3) is 5.43. The second-order valence-corrected chi connectivity index (χ2v) is 6.43. The number of benzene rings is 2. The van der Waals surface area contributed by atoms with Gasteiger partial charge in [0.1, 0.15) is 18.6 Å². The fourth-order valence-electron chi connectivity index (χ4n) is 2.23. The first-order valence-electron chi connectivity index (χ1n) is 8.54. The third-order valence-electron chi connectivity index (χ3n) is 3.55. The molecule has 1 amide bonds. The van der Waals surface area contributed by atoms with Crippen LogP contribution in [0.2, 0.25) is 0 Å². The van der Waals surface area contributed by atoms with Crippen molar-refractivity contribution in [3.05, 3.63) is 76.2 Å². The van der Waals surface area contributed by atoms with Crippen LogP contribution in [0.3, 0.4) is 0 Å². The highest BCUT2D eigenvalue weighted by molar-refractivity contribution is 9.10. The molecular weight excluding hydrogens is 426 g/mol. The van der Waals surface area contributed by atoms with Crippen molar-refractivity contribution in [3.8, 4) is 11.7 Å². The van der Waals surface area contributed by atoms with E-state index >= 15 is 0 Å². The minimum atomic E-state index is -0.574. The third-order valence-corrected chi connectivity index (χ3v) is 4.27. The molecule has 1 heterocycles. The van der Waals surface area contributed by atoms with Gasteiger partial charge < -0.3 is 13.9 Å². The van der Waals surface area contributed by atoms with Crippen molar-refractivity contribution in [2.24, 2.45) is 5.10 Å². The van der Waals surface area contributed by atoms with Gasteiger partial charge in [-0.3, -0.25) is 4.79 Å². The molecule has 0 radical (unpaired) electrons. The Labute approximate surface area is 170 Å². The number of rotatable bonds is 8. The zero-order valence-corrected chi connectivity index (χ0v) is 16.7. The molecule has 0 aliphatic carbocycles. The highest BCUT2D eigenvalue weighted by atomic mass is 79.9. The van der Waals surface area contributed by atoms with Crippen molar-refractivity contribution in [1.29, 1.82) is 0 Å². The predicted molar refractivity (Wildman–Crippen MR) is 108 cm³/mol. The topological polar surface area (TPSA) is 86.0 Å². The molecule has 0 saturated heterocycles. The van der Waals surface area contributed by atoms with E-state index in [0.29, 0.717) is 19.0 Å². The minimum Gasteiger partial charge on any atom is -0.489 e. The van der Waals surface area contributed by atoms with Crippen LogP contribution in [0.1, 0.15) is 28.7 Å². The van der Waals surface area contributed by atoms with Crippen LogP contribution < -0.4 is 14.9 Å². The summed E-state index contributed by atoms with van der Waals surface area (Å²) in [5, 5.41) is 3.94. The number of aromatic nitrogens is 1. The summed E-state index contributed by atoms with van der Waals surface area (Å²) < 4.78 is 16.9. The fraction of sp³-hybridized carbons (Fsp3) is 0.150. The molecule has 0 aliphatic rings. The summed E-state index contributed by atoms with van der Waals surface area (Å²) in [6, 6.07) is 15.4. The predicted octanol–water partition coefficient (Wildman–Crippen LogP) is 4.18. The summed E-state index contributed by atoms with van der Waals surface area (Å²) in [7, 11) is 0. The molecule has 8 heteroatoms. The number of carbonyl (C=O) groups is 1. The maximum atomic E-state index is 12.0. The van der Waals surface area contributed by atoms with E-state index in [1.54, 1.807) is 0 Å². The van der Waals surface area contributed by atoms with Gasteiger partial charge in [-0.05, 0) is 30.7 Å². The number of ether oxygens (including phenoxy) is 2. The number of oxazole rings is 1. The Morgan fingerprint density at radius 1 is 1.25 bits per heavy atom. The molecule has 0 aliphatic heterocycles. The Bertz CT molecular complexity index is 957. The molecule has 1 aromatic heterocycles. The molecular formula is C20H18BrN3O4. The number of hydrogen-bond donors (Lipinski definition) is 1. The van der Waals surface area contributed by atoms with Crippen molar-refractivity contribution in [2.45, 2.75) is 13.5 Å². The Hall–Kier alpha value is -3.13. The van der Waals surface area contributed by atoms with E-state index in [0.717, 1.165) is 15.6 Å². The van der Waals surface area contributed by atoms with Crippen LogP contribution in [0.25, 0.3) is 0 Å². The normalized spacial score (nSPS) is 10.8. The molecule has 2 aromatic carbocycles. The van der Waals surface area contributed by atoms with Crippen LogP contribution in [-0.4, -0.2) is 23.7 Å². The summed E-state index contributed by atoms with van der Waals surface area (Å²) in [4.78, 5) is 15.8. The Balaban J connectivity index is 1.60. The maximum Gasteiger partial charge on any atom is 0.327 e. The van der Waals surface area contributed by atoms with Gasteiger partial charge in [0.2, 0.25) is 0 Å². The summed E-state index contributed by atoms with van der Waals surface area (Å²) in [5.41, 5.74) is 4.18. The molecule has 0 saturated carbocycles. The van der Waals surface area contributed by atoms with Crippen LogP contribution >= 0.6 is 15.9 Å². The molecule has 0 bridgehead atoms. The van der Waals surface area contributed by atoms with Gasteiger partial charge in [0.15, 0.2) is 0 Å². The Morgan fingerprint density at radius 3 is 2.86 bits per heavy atom. The molecule has 3 rings (SSSR count). The first-order chi connectivity index (χ1) is 13.7. The largest absolute Gasteiger partial charge is 0.489 e. The fourth-order valence-corrected chi connectivity index (χ4v) is 2.58. The van der Waals surface area contributed by atoms with Gasteiger partial charge in [-0.25, -0.2) is 10.4 Å². The van der Waals surface area contributed by atoms with E-state index in [9.17, 15) is 4.79 Å². The van der Waals surface area contributed by atoms with Crippen molar-refractivity contribution in [2.75, 3.05) is 6.61 Å². The van der Waals surface area contributed by atoms with Gasteiger partial charge in [0.05, 0.1) is 12.8 Å². The second kappa shape index (κ2) is 9.70. The molecule has 1 N–H and O–H groups in total. The smallest absolute Gasteiger partial charge is 0.327 e. The van der Waals surface area contributed by atoms with Gasteiger partial charge in [0.25, 0.3) is 5.89 Å². The van der Waals surface area contributed by atoms with Crippen LogP contribution in [0.5, 0.6) is 11.7 Å². The van der Waals surface area contributed by atoms with Gasteiger partial charge in [-0.15, -0.1) is 0 Å². The first-order valence-corrected chi connectivity index (χ1v) is 9.33. The summed E-state index contributed by atoms with van der Waals surface area (Å²) >= 11 is 3.45. The molecule has 0 atom stereocenters. The highest BCUT2D eigenvalue weighted by Gasteiger charge is 2.13. The monoisotopic (exact) mass is 443 g/mol. The molecule has 0 fully saturated rings. The zero-order chi connectivity index (χ0) is 19.8. The Morgan fingerprint density at radius 2 is 2.07 bits per heavy atom. The number of hydrogen-bond acceptors (Lipinski definition) is 6. The first kappa shape index (κ1) is 19.6. The van der Waals surface area contributed by atoms with Gasteiger partial charge in [0, 0.05) is 10.0 Å². The average Bonchev–Trinajstić information content (AvgIpc) is 3.18. The van der Waals surface area contributed by atoms with Crippen LogP contribution in [0.4, 0.5) is 0 Å². The van der Waals surface area contributed by atoms with Crippen LogP contribution in [-0.2, 0) is 6.61 Å². The molecule has 0 unspecified atom stereocenters. The number of amides is 1. The summed E-state index contributed by atoms with van der Waals surface area (Å²) in [6.45, 7) is 2.69. The standard InChI is InChI=1S/C20H18BrN3O4/c1-2-26-18-12-22-20(28-18)19(25)24-23-11-15-10-16(8-9-17(15)21)27-13-14-6-4-3-5-7-14/h3-12H,2,13H2,1H3,(H,24,25)/b23-11-. The Kier molecular flexibility index (Phi) is 6.80. The van der Waals surface area contributed by atoms with Crippen LogP contribution in [0.15, 0.2) is 68.7 Å². The quantitative estimate of drug-likeness (QED) is 0.416. The highest BCUT2D eigenvalue weighted by Crippen LogP contribution is 2.22. The number of nitrogens with zero attached hydrogens (tertiary/aromatic N) is 2. The van der Waals surface area contributed by atoms with Crippen molar-refractivity contribution in [3.63, 3.8) is 0 Å². The van der Waals surface area contributed by atoms with Crippen molar-refractivity contribution < 1.29 is 18.7 Å². The molecule has 3 aromatic rings. The van der Waals surface area contributed by atoms with E-state index in [4.69, 9.17) is 13.9 Å². The van der Waals surface area contributed by atoms with Gasteiger partial charge >= 0.3 is 11.9 Å². The van der Waals surface area contributed by atoms with E-state index in [2.05, 4.69) is 31.4 Å².